The van der Waals surface area contributed by atoms with Gasteiger partial charge in [0, 0.05) is 13.1 Å². The number of piperidine rings is 1. The van der Waals surface area contributed by atoms with Gasteiger partial charge in [0.1, 0.15) is 6.73 Å². The van der Waals surface area contributed by atoms with Gasteiger partial charge in [0.15, 0.2) is 6.10 Å². The van der Waals surface area contributed by atoms with Crippen LogP contribution in [-0.2, 0) is 14.3 Å². The predicted molar refractivity (Wildman–Crippen MR) is 52.9 cm³/mol. The summed E-state index contributed by atoms with van der Waals surface area (Å²) in [6.07, 6.45) is 3.32. The van der Waals surface area contributed by atoms with Crippen LogP contribution in [-0.4, -0.2) is 43.9 Å². The normalized spacial score (nSPS) is 20.4. The summed E-state index contributed by atoms with van der Waals surface area (Å²) in [5.41, 5.74) is 0. The summed E-state index contributed by atoms with van der Waals surface area (Å²) in [6.45, 7) is 4.41. The number of hydrogen-bond acceptors (Lipinski definition) is 4. The van der Waals surface area contributed by atoms with E-state index in [1.54, 1.807) is 6.92 Å². The topological polar surface area (TPSA) is 38.8 Å². The first kappa shape index (κ1) is 11.5. The summed E-state index contributed by atoms with van der Waals surface area (Å²) < 4.78 is 9.95. The molecule has 1 aliphatic heterocycles. The molecule has 0 aromatic rings. The van der Waals surface area contributed by atoms with Crippen molar-refractivity contribution in [1.82, 2.24) is 4.90 Å². The summed E-state index contributed by atoms with van der Waals surface area (Å²) in [5.74, 6) is -0.304. The van der Waals surface area contributed by atoms with Crippen LogP contribution < -0.4 is 0 Å². The van der Waals surface area contributed by atoms with Crippen molar-refractivity contribution in [1.29, 1.82) is 0 Å². The van der Waals surface area contributed by atoms with E-state index in [0.717, 1.165) is 13.1 Å². The van der Waals surface area contributed by atoms with Crippen molar-refractivity contribution in [2.45, 2.75) is 32.3 Å². The maximum Gasteiger partial charge on any atom is 0.334 e. The Kier molecular flexibility index (Phi) is 4.90. The molecule has 0 N–H and O–H groups in total. The number of esters is 1. The highest BCUT2D eigenvalue weighted by molar-refractivity contribution is 5.73. The second kappa shape index (κ2) is 5.98. The Morgan fingerprint density at radius 3 is 2.57 bits per heavy atom. The number of carbonyl (C=O) groups excluding carboxylic acids is 1. The van der Waals surface area contributed by atoms with Crippen LogP contribution in [0.2, 0.25) is 0 Å². The van der Waals surface area contributed by atoms with E-state index in [4.69, 9.17) is 4.74 Å². The van der Waals surface area contributed by atoms with Gasteiger partial charge in [-0.1, -0.05) is 6.42 Å². The van der Waals surface area contributed by atoms with Gasteiger partial charge < -0.3 is 9.47 Å². The first-order chi connectivity index (χ1) is 6.74. The van der Waals surface area contributed by atoms with E-state index in [0.29, 0.717) is 6.73 Å². The molecule has 0 saturated carbocycles. The van der Waals surface area contributed by atoms with Crippen LogP contribution in [0.5, 0.6) is 0 Å². The highest BCUT2D eigenvalue weighted by Gasteiger charge is 2.16. The standard InChI is InChI=1S/C10H19NO3/c1-9(10(12)13-2)14-8-11-6-4-3-5-7-11/h9H,3-8H2,1-2H3. The maximum absolute atomic E-state index is 11.0. The molecule has 0 spiro atoms. The molecule has 1 unspecified atom stereocenters. The third-order valence-electron chi connectivity index (χ3n) is 2.49. The Hall–Kier alpha value is -0.610. The van der Waals surface area contributed by atoms with Crippen LogP contribution >= 0.6 is 0 Å². The maximum atomic E-state index is 11.0. The smallest absolute Gasteiger partial charge is 0.334 e. The monoisotopic (exact) mass is 201 g/mol. The van der Waals surface area contributed by atoms with E-state index in [1.807, 2.05) is 0 Å². The lowest BCUT2D eigenvalue weighted by atomic mass is 10.1. The highest BCUT2D eigenvalue weighted by Crippen LogP contribution is 2.08. The largest absolute Gasteiger partial charge is 0.467 e. The summed E-state index contributed by atoms with van der Waals surface area (Å²) in [5, 5.41) is 0. The van der Waals surface area contributed by atoms with Crippen molar-refractivity contribution >= 4 is 5.97 Å². The first-order valence-corrected chi connectivity index (χ1v) is 5.16. The summed E-state index contributed by atoms with van der Waals surface area (Å²) >= 11 is 0. The average Bonchev–Trinajstić information content (AvgIpc) is 2.26. The fourth-order valence-electron chi connectivity index (χ4n) is 1.54. The number of likely N-dealkylation sites (tertiary alicyclic amines) is 1. The minimum absolute atomic E-state index is 0.304. The molecule has 1 heterocycles. The highest BCUT2D eigenvalue weighted by atomic mass is 16.6. The van der Waals surface area contributed by atoms with E-state index < -0.39 is 6.10 Å². The van der Waals surface area contributed by atoms with Crippen molar-refractivity contribution in [2.24, 2.45) is 0 Å². The van der Waals surface area contributed by atoms with Crippen LogP contribution in [0.3, 0.4) is 0 Å². The Morgan fingerprint density at radius 2 is 2.00 bits per heavy atom. The number of hydrogen-bond donors (Lipinski definition) is 0. The fraction of sp³-hybridized carbons (Fsp3) is 0.900. The number of carbonyl (C=O) groups is 1. The summed E-state index contributed by atoms with van der Waals surface area (Å²) in [7, 11) is 1.38. The van der Waals surface area contributed by atoms with E-state index in [-0.39, 0.29) is 5.97 Å². The number of rotatable bonds is 4. The van der Waals surface area contributed by atoms with Crippen LogP contribution in [0.15, 0.2) is 0 Å². The molecule has 0 bridgehead atoms. The van der Waals surface area contributed by atoms with E-state index in [1.165, 1.54) is 26.4 Å². The van der Waals surface area contributed by atoms with Crippen molar-refractivity contribution in [2.75, 3.05) is 26.9 Å². The van der Waals surface area contributed by atoms with E-state index >= 15 is 0 Å². The van der Waals surface area contributed by atoms with Gasteiger partial charge in [-0.05, 0) is 19.8 Å². The van der Waals surface area contributed by atoms with Crippen LogP contribution in [0.1, 0.15) is 26.2 Å². The number of ether oxygens (including phenoxy) is 2. The van der Waals surface area contributed by atoms with Crippen LogP contribution in [0.4, 0.5) is 0 Å². The molecule has 0 amide bonds. The number of methoxy groups -OCH3 is 1. The average molecular weight is 201 g/mol. The quantitative estimate of drug-likeness (QED) is 0.636. The van der Waals surface area contributed by atoms with E-state index in [2.05, 4.69) is 9.64 Å². The molecular weight excluding hydrogens is 182 g/mol. The zero-order valence-corrected chi connectivity index (χ0v) is 8.99. The van der Waals surface area contributed by atoms with Crippen LogP contribution in [0.25, 0.3) is 0 Å². The van der Waals surface area contributed by atoms with Gasteiger partial charge in [-0.3, -0.25) is 4.90 Å². The second-order valence-corrected chi connectivity index (χ2v) is 3.64. The van der Waals surface area contributed by atoms with Crippen molar-refractivity contribution in [3.8, 4) is 0 Å². The minimum atomic E-state index is -0.457. The molecule has 0 aromatic carbocycles. The molecule has 1 fully saturated rings. The first-order valence-electron chi connectivity index (χ1n) is 5.16. The molecule has 1 atom stereocenters. The molecule has 82 valence electrons. The number of nitrogens with zero attached hydrogens (tertiary/aromatic N) is 1. The molecule has 4 heteroatoms. The summed E-state index contributed by atoms with van der Waals surface area (Å²) in [6, 6.07) is 0. The third-order valence-corrected chi connectivity index (χ3v) is 2.49. The Labute approximate surface area is 85.2 Å². The Balaban J connectivity index is 2.15. The molecule has 1 rings (SSSR count). The SMILES string of the molecule is COC(=O)C(C)OCN1CCCCC1. The Morgan fingerprint density at radius 1 is 1.36 bits per heavy atom. The van der Waals surface area contributed by atoms with Crippen molar-refractivity contribution in [3.63, 3.8) is 0 Å². The van der Waals surface area contributed by atoms with Gasteiger partial charge in [-0.15, -0.1) is 0 Å². The molecule has 0 radical (unpaired) electrons. The van der Waals surface area contributed by atoms with Crippen molar-refractivity contribution in [3.05, 3.63) is 0 Å². The second-order valence-electron chi connectivity index (χ2n) is 3.64. The van der Waals surface area contributed by atoms with Crippen LogP contribution in [0, 0.1) is 0 Å². The molecule has 14 heavy (non-hydrogen) atoms. The zero-order chi connectivity index (χ0) is 10.4. The summed E-state index contributed by atoms with van der Waals surface area (Å²) in [4.78, 5) is 13.2. The van der Waals surface area contributed by atoms with Gasteiger partial charge in [0.05, 0.1) is 7.11 Å². The lowest BCUT2D eigenvalue weighted by molar-refractivity contribution is -0.156. The molecule has 0 aliphatic carbocycles. The van der Waals surface area contributed by atoms with Gasteiger partial charge in [0.2, 0.25) is 0 Å². The van der Waals surface area contributed by atoms with Gasteiger partial charge >= 0.3 is 5.97 Å². The molecule has 1 saturated heterocycles. The lowest BCUT2D eigenvalue weighted by Crippen LogP contribution is -2.35. The zero-order valence-electron chi connectivity index (χ0n) is 8.99. The van der Waals surface area contributed by atoms with Gasteiger partial charge in [0.25, 0.3) is 0 Å². The molecule has 0 aromatic heterocycles. The Bertz CT molecular complexity index is 178. The molecule has 1 aliphatic rings. The van der Waals surface area contributed by atoms with Crippen molar-refractivity contribution < 1.29 is 14.3 Å². The fourth-order valence-corrected chi connectivity index (χ4v) is 1.54. The van der Waals surface area contributed by atoms with E-state index in [9.17, 15) is 4.79 Å². The molecular formula is C10H19NO3. The predicted octanol–water partition coefficient (Wildman–Crippen LogP) is 1.01. The lowest BCUT2D eigenvalue weighted by Gasteiger charge is -2.26. The minimum Gasteiger partial charge on any atom is -0.467 e. The van der Waals surface area contributed by atoms with Gasteiger partial charge in [-0.25, -0.2) is 4.79 Å². The third kappa shape index (κ3) is 3.64. The molecule has 4 nitrogen and oxygen atoms in total. The van der Waals surface area contributed by atoms with Gasteiger partial charge in [-0.2, -0.15) is 0 Å².